The second-order valence-corrected chi connectivity index (χ2v) is 4.60. The molecule has 15 heavy (non-hydrogen) atoms. The van der Waals surface area contributed by atoms with Crippen LogP contribution in [0.15, 0.2) is 12.1 Å². The molecule has 0 spiro atoms. The number of halogens is 2. The quantitative estimate of drug-likeness (QED) is 0.868. The van der Waals surface area contributed by atoms with E-state index in [9.17, 15) is 4.39 Å². The van der Waals surface area contributed by atoms with E-state index in [1.165, 1.54) is 7.11 Å². The SMILES string of the molecule is COc1ccc(CC(C)(C)N)c(F)c1Cl. The molecule has 1 rings (SSSR count). The molecule has 0 fully saturated rings. The van der Waals surface area contributed by atoms with Gasteiger partial charge in [0.2, 0.25) is 0 Å². The molecule has 0 saturated heterocycles. The summed E-state index contributed by atoms with van der Waals surface area (Å²) in [6.45, 7) is 3.68. The molecule has 1 aromatic carbocycles. The maximum absolute atomic E-state index is 13.7. The molecular formula is C11H15ClFNO. The molecule has 0 bridgehead atoms. The zero-order valence-corrected chi connectivity index (χ0v) is 9.86. The Labute approximate surface area is 94.2 Å². The predicted molar refractivity (Wildman–Crippen MR) is 59.9 cm³/mol. The highest BCUT2D eigenvalue weighted by molar-refractivity contribution is 6.32. The molecule has 0 aliphatic heterocycles. The van der Waals surface area contributed by atoms with Gasteiger partial charge in [-0.05, 0) is 31.9 Å². The van der Waals surface area contributed by atoms with Crippen LogP contribution in [0, 0.1) is 5.82 Å². The Morgan fingerprint density at radius 3 is 2.53 bits per heavy atom. The monoisotopic (exact) mass is 231 g/mol. The second kappa shape index (κ2) is 4.37. The molecule has 0 radical (unpaired) electrons. The van der Waals surface area contributed by atoms with Gasteiger partial charge in [0, 0.05) is 5.54 Å². The smallest absolute Gasteiger partial charge is 0.148 e. The van der Waals surface area contributed by atoms with E-state index in [-0.39, 0.29) is 5.02 Å². The van der Waals surface area contributed by atoms with Crippen LogP contribution in [0.25, 0.3) is 0 Å². The third-order valence-electron chi connectivity index (χ3n) is 1.99. The van der Waals surface area contributed by atoms with Crippen LogP contribution in [0.5, 0.6) is 5.75 Å². The van der Waals surface area contributed by atoms with Crippen molar-refractivity contribution in [3.05, 3.63) is 28.5 Å². The number of hydrogen-bond acceptors (Lipinski definition) is 2. The van der Waals surface area contributed by atoms with E-state index >= 15 is 0 Å². The van der Waals surface area contributed by atoms with Crippen molar-refractivity contribution < 1.29 is 9.13 Å². The van der Waals surface area contributed by atoms with Crippen molar-refractivity contribution in [2.75, 3.05) is 7.11 Å². The van der Waals surface area contributed by atoms with Crippen LogP contribution in [0.1, 0.15) is 19.4 Å². The molecule has 0 aliphatic carbocycles. The van der Waals surface area contributed by atoms with Crippen molar-refractivity contribution in [1.82, 2.24) is 0 Å². The lowest BCUT2D eigenvalue weighted by atomic mass is 9.96. The number of methoxy groups -OCH3 is 1. The molecule has 0 unspecified atom stereocenters. The van der Waals surface area contributed by atoms with Crippen molar-refractivity contribution in [2.45, 2.75) is 25.8 Å². The fraction of sp³-hybridized carbons (Fsp3) is 0.455. The third kappa shape index (κ3) is 3.08. The van der Waals surface area contributed by atoms with E-state index < -0.39 is 11.4 Å². The van der Waals surface area contributed by atoms with Gasteiger partial charge in [-0.15, -0.1) is 0 Å². The van der Waals surface area contributed by atoms with E-state index in [0.717, 1.165) is 0 Å². The van der Waals surface area contributed by atoms with Crippen LogP contribution in [-0.4, -0.2) is 12.6 Å². The molecule has 0 atom stereocenters. The largest absolute Gasteiger partial charge is 0.495 e. The van der Waals surface area contributed by atoms with Crippen LogP contribution in [0.2, 0.25) is 5.02 Å². The minimum absolute atomic E-state index is 0.0132. The summed E-state index contributed by atoms with van der Waals surface area (Å²) in [6, 6.07) is 3.29. The lowest BCUT2D eigenvalue weighted by Gasteiger charge is -2.19. The van der Waals surface area contributed by atoms with Gasteiger partial charge in [0.05, 0.1) is 7.11 Å². The van der Waals surface area contributed by atoms with Crippen LogP contribution < -0.4 is 10.5 Å². The summed E-state index contributed by atoms with van der Waals surface area (Å²) >= 11 is 5.79. The fourth-order valence-electron chi connectivity index (χ4n) is 1.36. The topological polar surface area (TPSA) is 35.2 Å². The highest BCUT2D eigenvalue weighted by Crippen LogP contribution is 2.30. The molecule has 2 nitrogen and oxygen atoms in total. The van der Waals surface area contributed by atoms with E-state index in [0.29, 0.717) is 17.7 Å². The highest BCUT2D eigenvalue weighted by Gasteiger charge is 2.18. The Morgan fingerprint density at radius 2 is 2.07 bits per heavy atom. The minimum Gasteiger partial charge on any atom is -0.495 e. The van der Waals surface area contributed by atoms with Crippen molar-refractivity contribution in [3.63, 3.8) is 0 Å². The summed E-state index contributed by atoms with van der Waals surface area (Å²) in [5, 5.41) is 0.0132. The first-order valence-electron chi connectivity index (χ1n) is 4.65. The summed E-state index contributed by atoms with van der Waals surface area (Å²) in [6.07, 6.45) is 0.433. The van der Waals surface area contributed by atoms with Crippen molar-refractivity contribution in [2.24, 2.45) is 5.73 Å². The van der Waals surface area contributed by atoms with Crippen molar-refractivity contribution >= 4 is 11.6 Å². The lowest BCUT2D eigenvalue weighted by Crippen LogP contribution is -2.34. The van der Waals surface area contributed by atoms with Crippen molar-refractivity contribution in [3.8, 4) is 5.75 Å². The van der Waals surface area contributed by atoms with E-state index in [1.54, 1.807) is 12.1 Å². The molecular weight excluding hydrogens is 217 g/mol. The molecule has 0 amide bonds. The molecule has 0 aromatic heterocycles. The lowest BCUT2D eigenvalue weighted by molar-refractivity contribution is 0.410. The number of nitrogens with two attached hydrogens (primary N) is 1. The average molecular weight is 232 g/mol. The second-order valence-electron chi connectivity index (χ2n) is 4.22. The molecule has 0 saturated carbocycles. The number of rotatable bonds is 3. The van der Waals surface area contributed by atoms with E-state index in [2.05, 4.69) is 0 Å². The van der Waals surface area contributed by atoms with E-state index in [4.69, 9.17) is 22.1 Å². The summed E-state index contributed by atoms with van der Waals surface area (Å²) in [5.74, 6) is -0.109. The Balaban J connectivity index is 3.07. The maximum Gasteiger partial charge on any atom is 0.148 e. The average Bonchev–Trinajstić information content (AvgIpc) is 2.11. The fourth-order valence-corrected chi connectivity index (χ4v) is 1.62. The number of ether oxygens (including phenoxy) is 1. The van der Waals surface area contributed by atoms with Gasteiger partial charge in [0.15, 0.2) is 0 Å². The van der Waals surface area contributed by atoms with Gasteiger partial charge in [-0.25, -0.2) is 4.39 Å². The van der Waals surface area contributed by atoms with Crippen LogP contribution in [-0.2, 0) is 6.42 Å². The van der Waals surface area contributed by atoms with Gasteiger partial charge < -0.3 is 10.5 Å². The maximum atomic E-state index is 13.7. The van der Waals surface area contributed by atoms with E-state index in [1.807, 2.05) is 13.8 Å². The molecule has 1 aromatic rings. The first-order valence-corrected chi connectivity index (χ1v) is 5.02. The van der Waals surface area contributed by atoms with Gasteiger partial charge >= 0.3 is 0 Å². The first kappa shape index (κ1) is 12.3. The van der Waals surface area contributed by atoms with Gasteiger partial charge in [-0.2, -0.15) is 0 Å². The zero-order valence-electron chi connectivity index (χ0n) is 9.10. The van der Waals surface area contributed by atoms with Crippen LogP contribution in [0.4, 0.5) is 4.39 Å². The normalized spacial score (nSPS) is 11.6. The summed E-state index contributed by atoms with van der Waals surface area (Å²) < 4.78 is 18.6. The molecule has 84 valence electrons. The zero-order chi connectivity index (χ0) is 11.6. The number of benzene rings is 1. The van der Waals surface area contributed by atoms with Gasteiger partial charge in [-0.3, -0.25) is 0 Å². The molecule has 2 N–H and O–H groups in total. The Bertz CT molecular complexity index is 360. The summed E-state index contributed by atoms with van der Waals surface area (Å²) in [4.78, 5) is 0. The summed E-state index contributed by atoms with van der Waals surface area (Å²) in [7, 11) is 1.45. The highest BCUT2D eigenvalue weighted by atomic mass is 35.5. The Morgan fingerprint density at radius 1 is 1.47 bits per heavy atom. The third-order valence-corrected chi connectivity index (χ3v) is 2.35. The van der Waals surface area contributed by atoms with Crippen LogP contribution in [0.3, 0.4) is 0 Å². The standard InChI is InChI=1S/C11H15ClFNO/c1-11(2,14)6-7-4-5-8(15-3)9(12)10(7)13/h4-5H,6,14H2,1-3H3. The predicted octanol–water partition coefficient (Wildman–Crippen LogP) is 2.77. The first-order chi connectivity index (χ1) is 6.85. The minimum atomic E-state index is -0.460. The Hall–Kier alpha value is -0.800. The molecule has 4 heteroatoms. The van der Waals surface area contributed by atoms with Crippen LogP contribution >= 0.6 is 11.6 Å². The molecule has 0 heterocycles. The number of hydrogen-bond donors (Lipinski definition) is 1. The van der Waals surface area contributed by atoms with Gasteiger partial charge in [0.1, 0.15) is 16.6 Å². The summed E-state index contributed by atoms with van der Waals surface area (Å²) in [5.41, 5.74) is 5.86. The molecule has 0 aliphatic rings. The van der Waals surface area contributed by atoms with Gasteiger partial charge in [-0.1, -0.05) is 17.7 Å². The Kier molecular flexibility index (Phi) is 3.58. The van der Waals surface area contributed by atoms with Gasteiger partial charge in [0.25, 0.3) is 0 Å². The van der Waals surface area contributed by atoms with Crippen molar-refractivity contribution in [1.29, 1.82) is 0 Å².